The van der Waals surface area contributed by atoms with E-state index in [1.807, 2.05) is 43.5 Å². The maximum Gasteiger partial charge on any atom is 0.244 e. The summed E-state index contributed by atoms with van der Waals surface area (Å²) < 4.78 is 20.8. The first-order valence-electron chi connectivity index (χ1n) is 13.2. The van der Waals surface area contributed by atoms with E-state index < -0.39 is 17.8 Å². The fourth-order valence-corrected chi connectivity index (χ4v) is 4.94. The summed E-state index contributed by atoms with van der Waals surface area (Å²) in [6, 6.07) is 10.7. The summed E-state index contributed by atoms with van der Waals surface area (Å²) in [4.78, 5) is 28.1. The maximum absolute atomic E-state index is 13.0. The van der Waals surface area contributed by atoms with Gasteiger partial charge < -0.3 is 10.1 Å². The molecule has 0 aliphatic heterocycles. The van der Waals surface area contributed by atoms with Crippen LogP contribution in [0.2, 0.25) is 10.0 Å². The van der Waals surface area contributed by atoms with Gasteiger partial charge in [0.2, 0.25) is 5.91 Å². The molecule has 1 amide bonds. The van der Waals surface area contributed by atoms with Crippen LogP contribution in [0.3, 0.4) is 0 Å². The van der Waals surface area contributed by atoms with E-state index in [4.69, 9.17) is 27.9 Å². The Balaban J connectivity index is 1.16. The number of H-pyrrole nitrogens is 1. The fraction of sp³-hybridized carbons (Fsp3) is 0.129. The molecule has 0 aliphatic rings. The summed E-state index contributed by atoms with van der Waals surface area (Å²) in [5, 5.41) is 16.2. The Morgan fingerprint density at radius 3 is 2.60 bits per heavy atom. The van der Waals surface area contributed by atoms with Crippen molar-refractivity contribution in [3.05, 3.63) is 118 Å². The number of halogens is 3. The van der Waals surface area contributed by atoms with E-state index in [-0.39, 0.29) is 5.78 Å². The highest BCUT2D eigenvalue weighted by molar-refractivity contribution is 6.35. The zero-order valence-electron chi connectivity index (χ0n) is 22.8. The summed E-state index contributed by atoms with van der Waals surface area (Å²) in [5.74, 6) is -0.612. The minimum atomic E-state index is -0.435. The summed E-state index contributed by atoms with van der Waals surface area (Å²) in [6.07, 6.45) is 12.3. The van der Waals surface area contributed by atoms with E-state index in [2.05, 4.69) is 25.6 Å². The maximum atomic E-state index is 13.0. The zero-order chi connectivity index (χ0) is 30.3. The molecule has 218 valence electrons. The number of aromatic nitrogens is 5. The normalized spacial score (nSPS) is 12.3. The largest absolute Gasteiger partial charge is 0.486 e. The van der Waals surface area contributed by atoms with Gasteiger partial charge in [-0.25, -0.2) is 4.39 Å². The van der Waals surface area contributed by atoms with Gasteiger partial charge in [0.05, 0.1) is 34.0 Å². The Morgan fingerprint density at radius 1 is 1.07 bits per heavy atom. The first-order chi connectivity index (χ1) is 20.8. The van der Waals surface area contributed by atoms with Gasteiger partial charge in [-0.15, -0.1) is 0 Å². The number of ketones is 1. The number of hydrogen-bond acceptors (Lipinski definition) is 6. The second-order valence-corrected chi connectivity index (χ2v) is 10.3. The predicted molar refractivity (Wildman–Crippen MR) is 163 cm³/mol. The molecular weight excluding hydrogens is 594 g/mol. The molecule has 12 heteroatoms. The van der Waals surface area contributed by atoms with E-state index in [1.54, 1.807) is 10.9 Å². The van der Waals surface area contributed by atoms with E-state index in [1.165, 1.54) is 36.7 Å². The van der Waals surface area contributed by atoms with Crippen LogP contribution < -0.4 is 10.1 Å². The van der Waals surface area contributed by atoms with Gasteiger partial charge in [-0.3, -0.25) is 24.4 Å². The average Bonchev–Trinajstić information content (AvgIpc) is 3.61. The minimum Gasteiger partial charge on any atom is -0.486 e. The number of carbonyl (C=O) groups excluding carboxylic acids is 2. The Labute approximate surface area is 256 Å². The third-order valence-electron chi connectivity index (χ3n) is 6.42. The van der Waals surface area contributed by atoms with E-state index in [0.717, 1.165) is 34.3 Å². The summed E-state index contributed by atoms with van der Waals surface area (Å²) in [6.45, 7) is 2.60. The highest BCUT2D eigenvalue weighted by Gasteiger charge is 2.16. The fourth-order valence-electron chi connectivity index (χ4n) is 4.26. The molecule has 2 aromatic carbocycles. The van der Waals surface area contributed by atoms with Crippen LogP contribution in [0.5, 0.6) is 5.75 Å². The molecule has 0 radical (unpaired) electrons. The second kappa shape index (κ2) is 13.5. The molecule has 5 rings (SSSR count). The zero-order valence-corrected chi connectivity index (χ0v) is 24.3. The number of ether oxygens (including phenoxy) is 1. The van der Waals surface area contributed by atoms with Crippen molar-refractivity contribution >= 4 is 57.9 Å². The number of amides is 1. The molecule has 0 saturated heterocycles. The van der Waals surface area contributed by atoms with E-state index in [9.17, 15) is 14.0 Å². The van der Waals surface area contributed by atoms with Crippen LogP contribution in [0.4, 0.5) is 4.39 Å². The third-order valence-corrected chi connectivity index (χ3v) is 7.02. The van der Waals surface area contributed by atoms with Gasteiger partial charge in [-0.05, 0) is 67.6 Å². The molecule has 0 spiro atoms. The van der Waals surface area contributed by atoms with Crippen molar-refractivity contribution in [2.24, 2.45) is 0 Å². The smallest absolute Gasteiger partial charge is 0.244 e. The standard InChI is InChI=1S/C31H25Cl2FN6O3/c1-19(31-25(32)16-35-17-26(31)33)43-23-7-9-28-24(14-23)27(38-39-28)8-2-20-15-37-40(18-20)13-12-36-30(42)11-10-29(41)21-3-5-22(34)6-4-21/h2-11,14-19H,12-13H2,1H3,(H,36,42)(H,38,39)/b8-2+,11-10+/t19-/m1/s1. The lowest BCUT2D eigenvalue weighted by atomic mass is 10.1. The number of pyridine rings is 1. The van der Waals surface area contributed by atoms with Gasteiger partial charge in [0.15, 0.2) is 5.78 Å². The predicted octanol–water partition coefficient (Wildman–Crippen LogP) is 6.47. The highest BCUT2D eigenvalue weighted by Crippen LogP contribution is 2.33. The molecule has 2 N–H and O–H groups in total. The molecule has 0 fully saturated rings. The van der Waals surface area contributed by atoms with Crippen molar-refractivity contribution < 1.29 is 18.7 Å². The molecule has 1 atom stereocenters. The summed E-state index contributed by atoms with van der Waals surface area (Å²) >= 11 is 12.6. The van der Waals surface area contributed by atoms with E-state index >= 15 is 0 Å². The van der Waals surface area contributed by atoms with Crippen molar-refractivity contribution in [3.63, 3.8) is 0 Å². The molecular formula is C31H25Cl2FN6O3. The lowest BCUT2D eigenvalue weighted by Gasteiger charge is -2.17. The Hall–Kier alpha value is -4.80. The molecule has 3 aromatic heterocycles. The molecule has 43 heavy (non-hydrogen) atoms. The van der Waals surface area contributed by atoms with Crippen LogP contribution in [0.1, 0.15) is 40.2 Å². The van der Waals surface area contributed by atoms with Crippen molar-refractivity contribution in [1.29, 1.82) is 0 Å². The van der Waals surface area contributed by atoms with Crippen LogP contribution in [0, 0.1) is 5.82 Å². The first kappa shape index (κ1) is 29.7. The quantitative estimate of drug-likeness (QED) is 0.130. The Morgan fingerprint density at radius 2 is 1.84 bits per heavy atom. The number of nitrogens with zero attached hydrogens (tertiary/aromatic N) is 4. The monoisotopic (exact) mass is 618 g/mol. The van der Waals surface area contributed by atoms with Crippen molar-refractivity contribution in [3.8, 4) is 5.75 Å². The number of benzene rings is 2. The van der Waals surface area contributed by atoms with Crippen LogP contribution in [0.15, 0.2) is 79.4 Å². The lowest BCUT2D eigenvalue weighted by molar-refractivity contribution is -0.116. The number of hydrogen-bond donors (Lipinski definition) is 2. The summed E-state index contributed by atoms with van der Waals surface area (Å²) in [5.41, 5.74) is 3.37. The van der Waals surface area contributed by atoms with Gasteiger partial charge in [0, 0.05) is 53.3 Å². The van der Waals surface area contributed by atoms with Crippen molar-refractivity contribution in [2.75, 3.05) is 6.54 Å². The van der Waals surface area contributed by atoms with Gasteiger partial charge in [-0.2, -0.15) is 10.2 Å². The first-order valence-corrected chi connectivity index (χ1v) is 13.9. The molecule has 9 nitrogen and oxygen atoms in total. The number of fused-ring (bicyclic) bond motifs is 1. The molecule has 0 aliphatic carbocycles. The molecule has 3 heterocycles. The average molecular weight is 619 g/mol. The third kappa shape index (κ3) is 7.54. The highest BCUT2D eigenvalue weighted by atomic mass is 35.5. The number of carbonyl (C=O) groups is 2. The van der Waals surface area contributed by atoms with Crippen LogP contribution in [0.25, 0.3) is 23.1 Å². The van der Waals surface area contributed by atoms with Crippen LogP contribution in [-0.2, 0) is 11.3 Å². The molecule has 0 unspecified atom stereocenters. The number of aromatic amines is 1. The van der Waals surface area contributed by atoms with E-state index in [0.29, 0.717) is 40.0 Å². The Kier molecular flexibility index (Phi) is 9.29. The van der Waals surface area contributed by atoms with Gasteiger partial charge >= 0.3 is 0 Å². The number of nitrogens with one attached hydrogen (secondary N) is 2. The topological polar surface area (TPSA) is 115 Å². The van der Waals surface area contributed by atoms with Crippen LogP contribution in [-0.4, -0.2) is 43.2 Å². The Bertz CT molecular complexity index is 1810. The van der Waals surface area contributed by atoms with Gasteiger partial charge in [0.1, 0.15) is 17.7 Å². The molecule has 0 saturated carbocycles. The lowest BCUT2D eigenvalue weighted by Crippen LogP contribution is -2.25. The second-order valence-electron chi connectivity index (χ2n) is 9.46. The van der Waals surface area contributed by atoms with Gasteiger partial charge in [-0.1, -0.05) is 23.2 Å². The van der Waals surface area contributed by atoms with Crippen LogP contribution >= 0.6 is 23.2 Å². The summed E-state index contributed by atoms with van der Waals surface area (Å²) in [7, 11) is 0. The molecule has 5 aromatic rings. The molecule has 0 bridgehead atoms. The SMILES string of the molecule is C[C@@H](Oc1ccc2[nH]nc(/C=C/c3cnn(CCNC(=O)/C=C/C(=O)c4ccc(F)cc4)c3)c2c1)c1c(Cl)cncc1Cl. The minimum absolute atomic E-state index is 0.297. The number of allylic oxidation sites excluding steroid dienone is 1. The number of rotatable bonds is 11. The van der Waals surface area contributed by atoms with Crippen molar-refractivity contribution in [2.45, 2.75) is 19.6 Å². The van der Waals surface area contributed by atoms with Gasteiger partial charge in [0.25, 0.3) is 0 Å². The van der Waals surface area contributed by atoms with Crippen molar-refractivity contribution in [1.82, 2.24) is 30.3 Å².